The Morgan fingerprint density at radius 2 is 2.10 bits per heavy atom. The van der Waals surface area contributed by atoms with Gasteiger partial charge in [0, 0.05) is 0 Å². The SMILES string of the molecule is CC1=COC(O)C(O)=C1C. The zero-order valence-corrected chi connectivity index (χ0v) is 5.96. The van der Waals surface area contributed by atoms with Crippen molar-refractivity contribution in [2.45, 2.75) is 20.1 Å². The van der Waals surface area contributed by atoms with Gasteiger partial charge in [-0.1, -0.05) is 0 Å². The van der Waals surface area contributed by atoms with E-state index in [1.165, 1.54) is 6.26 Å². The lowest BCUT2D eigenvalue weighted by Crippen LogP contribution is -2.17. The van der Waals surface area contributed by atoms with Crippen LogP contribution >= 0.6 is 0 Å². The number of allylic oxidation sites excluding steroid dienone is 2. The van der Waals surface area contributed by atoms with Crippen molar-refractivity contribution in [3.05, 3.63) is 23.2 Å². The lowest BCUT2D eigenvalue weighted by Gasteiger charge is -2.17. The van der Waals surface area contributed by atoms with Crippen molar-refractivity contribution in [2.75, 3.05) is 0 Å². The Balaban J connectivity index is 2.94. The molecule has 0 amide bonds. The highest BCUT2D eigenvalue weighted by atomic mass is 16.6. The number of hydrogen-bond donors (Lipinski definition) is 2. The first-order valence-electron chi connectivity index (χ1n) is 3.03. The third-order valence-corrected chi connectivity index (χ3v) is 1.58. The normalized spacial score (nSPS) is 25.9. The van der Waals surface area contributed by atoms with E-state index in [1.54, 1.807) is 13.8 Å². The van der Waals surface area contributed by atoms with E-state index >= 15 is 0 Å². The van der Waals surface area contributed by atoms with Crippen molar-refractivity contribution in [1.82, 2.24) is 0 Å². The summed E-state index contributed by atoms with van der Waals surface area (Å²) in [6.07, 6.45) is 0.253. The van der Waals surface area contributed by atoms with Gasteiger partial charge in [-0.2, -0.15) is 0 Å². The first-order chi connectivity index (χ1) is 4.63. The summed E-state index contributed by atoms with van der Waals surface area (Å²) in [5, 5.41) is 18.0. The minimum atomic E-state index is -1.18. The molecule has 0 saturated heterocycles. The van der Waals surface area contributed by atoms with Gasteiger partial charge in [0.25, 0.3) is 6.29 Å². The summed E-state index contributed by atoms with van der Waals surface area (Å²) in [6, 6.07) is 0. The Morgan fingerprint density at radius 1 is 1.50 bits per heavy atom. The van der Waals surface area contributed by atoms with Crippen LogP contribution in [0.5, 0.6) is 0 Å². The van der Waals surface area contributed by atoms with E-state index in [1.807, 2.05) is 0 Å². The van der Waals surface area contributed by atoms with Gasteiger partial charge in [-0.15, -0.1) is 0 Å². The molecule has 1 unspecified atom stereocenters. The predicted octanol–water partition coefficient (Wildman–Crippen LogP) is 1.07. The number of ether oxygens (including phenoxy) is 1. The summed E-state index contributed by atoms with van der Waals surface area (Å²) in [6.45, 7) is 3.53. The second kappa shape index (κ2) is 2.34. The van der Waals surface area contributed by atoms with Crippen LogP contribution in [-0.4, -0.2) is 16.5 Å². The number of aliphatic hydroxyl groups excluding tert-OH is 2. The largest absolute Gasteiger partial charge is 0.506 e. The minimum Gasteiger partial charge on any atom is -0.506 e. The molecule has 1 rings (SSSR count). The van der Waals surface area contributed by atoms with E-state index in [-0.39, 0.29) is 5.76 Å². The molecule has 0 aromatic rings. The molecular formula is C7H10O3. The minimum absolute atomic E-state index is 0.0972. The maximum absolute atomic E-state index is 9.08. The summed E-state index contributed by atoms with van der Waals surface area (Å²) >= 11 is 0. The lowest BCUT2D eigenvalue weighted by atomic mass is 10.1. The van der Waals surface area contributed by atoms with Gasteiger partial charge in [0.15, 0.2) is 5.76 Å². The van der Waals surface area contributed by atoms with Crippen LogP contribution in [0.15, 0.2) is 23.2 Å². The number of aliphatic hydroxyl groups is 2. The standard InChI is InChI=1S/C7H10O3/c1-4-3-10-7(9)6(8)5(4)2/h3,7-9H,1-2H3. The van der Waals surface area contributed by atoms with Gasteiger partial charge in [-0.25, -0.2) is 0 Å². The third kappa shape index (κ3) is 0.998. The number of rotatable bonds is 0. The molecule has 0 aliphatic carbocycles. The van der Waals surface area contributed by atoms with E-state index in [0.29, 0.717) is 5.57 Å². The third-order valence-electron chi connectivity index (χ3n) is 1.58. The summed E-state index contributed by atoms with van der Waals surface area (Å²) in [5.74, 6) is -0.0972. The fourth-order valence-electron chi connectivity index (χ4n) is 0.707. The van der Waals surface area contributed by atoms with Gasteiger partial charge >= 0.3 is 0 Å². The highest BCUT2D eigenvalue weighted by molar-refractivity contribution is 5.31. The van der Waals surface area contributed by atoms with Crippen molar-refractivity contribution >= 4 is 0 Å². The molecule has 3 nitrogen and oxygen atoms in total. The average Bonchev–Trinajstić information content (AvgIpc) is 1.93. The molecular weight excluding hydrogens is 132 g/mol. The van der Waals surface area contributed by atoms with E-state index in [0.717, 1.165) is 5.57 Å². The van der Waals surface area contributed by atoms with Crippen LogP contribution in [0.25, 0.3) is 0 Å². The molecule has 0 bridgehead atoms. The van der Waals surface area contributed by atoms with Crippen molar-refractivity contribution in [1.29, 1.82) is 0 Å². The molecule has 2 N–H and O–H groups in total. The quantitative estimate of drug-likeness (QED) is 0.532. The van der Waals surface area contributed by atoms with Crippen LogP contribution in [0, 0.1) is 0 Å². The zero-order valence-electron chi connectivity index (χ0n) is 5.96. The smallest absolute Gasteiger partial charge is 0.255 e. The molecule has 0 spiro atoms. The average molecular weight is 142 g/mol. The second-order valence-corrected chi connectivity index (χ2v) is 2.30. The van der Waals surface area contributed by atoms with Crippen LogP contribution in [0.1, 0.15) is 13.8 Å². The molecule has 0 fully saturated rings. The molecule has 10 heavy (non-hydrogen) atoms. The molecule has 1 heterocycles. The fraction of sp³-hybridized carbons (Fsp3) is 0.429. The summed E-state index contributed by atoms with van der Waals surface area (Å²) in [4.78, 5) is 0. The Labute approximate surface area is 59.2 Å². The van der Waals surface area contributed by atoms with Crippen LogP contribution in [0.2, 0.25) is 0 Å². The van der Waals surface area contributed by atoms with Gasteiger partial charge in [0.2, 0.25) is 0 Å². The Morgan fingerprint density at radius 3 is 2.60 bits per heavy atom. The molecule has 56 valence electrons. The first kappa shape index (κ1) is 7.15. The summed E-state index contributed by atoms with van der Waals surface area (Å²) < 4.78 is 4.66. The van der Waals surface area contributed by atoms with Crippen LogP contribution < -0.4 is 0 Å². The van der Waals surface area contributed by atoms with Gasteiger partial charge in [0.1, 0.15) is 0 Å². The van der Waals surface area contributed by atoms with Crippen molar-refractivity contribution < 1.29 is 14.9 Å². The van der Waals surface area contributed by atoms with E-state index < -0.39 is 6.29 Å². The zero-order chi connectivity index (χ0) is 7.72. The lowest BCUT2D eigenvalue weighted by molar-refractivity contribution is -0.0532. The topological polar surface area (TPSA) is 49.7 Å². The van der Waals surface area contributed by atoms with Crippen molar-refractivity contribution in [2.24, 2.45) is 0 Å². The second-order valence-electron chi connectivity index (χ2n) is 2.30. The fourth-order valence-corrected chi connectivity index (χ4v) is 0.707. The maximum Gasteiger partial charge on any atom is 0.255 e. The summed E-state index contributed by atoms with van der Waals surface area (Å²) in [7, 11) is 0. The molecule has 1 aliphatic rings. The van der Waals surface area contributed by atoms with Gasteiger partial charge in [-0.3, -0.25) is 0 Å². The van der Waals surface area contributed by atoms with Crippen molar-refractivity contribution in [3.8, 4) is 0 Å². The molecule has 3 heteroatoms. The molecule has 0 saturated carbocycles. The van der Waals surface area contributed by atoms with Gasteiger partial charge in [-0.05, 0) is 25.0 Å². The Kier molecular flexibility index (Phi) is 1.68. The van der Waals surface area contributed by atoms with Gasteiger partial charge < -0.3 is 14.9 Å². The summed E-state index contributed by atoms with van der Waals surface area (Å²) in [5.41, 5.74) is 1.52. The molecule has 0 aromatic heterocycles. The Hall–Kier alpha value is -0.960. The molecule has 1 aliphatic heterocycles. The van der Waals surface area contributed by atoms with E-state index in [2.05, 4.69) is 4.74 Å². The van der Waals surface area contributed by atoms with E-state index in [9.17, 15) is 0 Å². The highest BCUT2D eigenvalue weighted by Gasteiger charge is 2.17. The first-order valence-corrected chi connectivity index (χ1v) is 3.03. The van der Waals surface area contributed by atoms with Crippen LogP contribution in [0.4, 0.5) is 0 Å². The Bertz CT molecular complexity index is 203. The van der Waals surface area contributed by atoms with Gasteiger partial charge in [0.05, 0.1) is 6.26 Å². The monoisotopic (exact) mass is 142 g/mol. The molecule has 0 radical (unpaired) electrons. The number of hydrogen-bond acceptors (Lipinski definition) is 3. The van der Waals surface area contributed by atoms with Crippen LogP contribution in [-0.2, 0) is 4.74 Å². The maximum atomic E-state index is 9.08. The predicted molar refractivity (Wildman–Crippen MR) is 36.2 cm³/mol. The van der Waals surface area contributed by atoms with E-state index in [4.69, 9.17) is 10.2 Å². The van der Waals surface area contributed by atoms with Crippen LogP contribution in [0.3, 0.4) is 0 Å². The molecule has 1 atom stereocenters. The van der Waals surface area contributed by atoms with Crippen molar-refractivity contribution in [3.63, 3.8) is 0 Å². The highest BCUT2D eigenvalue weighted by Crippen LogP contribution is 2.20. The molecule has 0 aromatic carbocycles.